The van der Waals surface area contributed by atoms with Gasteiger partial charge in [0.2, 0.25) is 5.60 Å². The molecule has 0 saturated carbocycles. The average Bonchev–Trinajstić information content (AvgIpc) is 3.19. The lowest BCUT2D eigenvalue weighted by Crippen LogP contribution is -2.39. The van der Waals surface area contributed by atoms with Crippen molar-refractivity contribution in [3.05, 3.63) is 71.8 Å². The topological polar surface area (TPSA) is 49.8 Å². The molecule has 0 radical (unpaired) electrons. The van der Waals surface area contributed by atoms with E-state index in [1.165, 1.54) is 12.8 Å². The van der Waals surface area contributed by atoms with Gasteiger partial charge < -0.3 is 14.7 Å². The molecule has 0 amide bonds. The van der Waals surface area contributed by atoms with Gasteiger partial charge in [-0.25, -0.2) is 4.79 Å². The molecule has 5 heteroatoms. The molecule has 26 heavy (non-hydrogen) atoms. The van der Waals surface area contributed by atoms with E-state index in [1.54, 1.807) is 24.3 Å². The largest absolute Gasteiger partial charge is 0.463 e. The Hall–Kier alpha value is -1.88. The average molecular weight is 376 g/mol. The summed E-state index contributed by atoms with van der Waals surface area (Å²) in [6.45, 7) is 3.51. The number of aliphatic hydroxyl groups is 1. The van der Waals surface area contributed by atoms with Gasteiger partial charge in [0, 0.05) is 6.54 Å². The molecule has 1 heterocycles. The maximum absolute atomic E-state index is 12.8. The highest BCUT2D eigenvalue weighted by molar-refractivity contribution is 5.85. The van der Waals surface area contributed by atoms with Crippen LogP contribution in [0.5, 0.6) is 0 Å². The van der Waals surface area contributed by atoms with Gasteiger partial charge in [0.25, 0.3) is 0 Å². The highest BCUT2D eigenvalue weighted by Gasteiger charge is 2.41. The zero-order valence-electron chi connectivity index (χ0n) is 14.8. The van der Waals surface area contributed by atoms with E-state index < -0.39 is 11.6 Å². The molecule has 1 fully saturated rings. The third-order valence-electron chi connectivity index (χ3n) is 4.73. The highest BCUT2D eigenvalue weighted by atomic mass is 35.5. The number of rotatable bonds is 7. The van der Waals surface area contributed by atoms with Gasteiger partial charge in [-0.1, -0.05) is 60.7 Å². The molecule has 0 atom stereocenters. The molecule has 0 spiro atoms. The van der Waals surface area contributed by atoms with Crippen molar-refractivity contribution < 1.29 is 14.6 Å². The second-order valence-electron chi connectivity index (χ2n) is 6.48. The van der Waals surface area contributed by atoms with Gasteiger partial charge in [-0.3, -0.25) is 0 Å². The van der Waals surface area contributed by atoms with Gasteiger partial charge in [0.15, 0.2) is 0 Å². The van der Waals surface area contributed by atoms with Crippen molar-refractivity contribution in [2.75, 3.05) is 26.2 Å². The molecule has 1 saturated heterocycles. The van der Waals surface area contributed by atoms with Crippen molar-refractivity contribution in [2.45, 2.75) is 24.9 Å². The van der Waals surface area contributed by atoms with Crippen molar-refractivity contribution >= 4 is 18.4 Å². The van der Waals surface area contributed by atoms with Gasteiger partial charge in [-0.15, -0.1) is 12.4 Å². The summed E-state index contributed by atoms with van der Waals surface area (Å²) < 4.78 is 5.46. The Labute approximate surface area is 161 Å². The third-order valence-corrected chi connectivity index (χ3v) is 4.73. The zero-order chi connectivity index (χ0) is 17.5. The molecule has 4 nitrogen and oxygen atoms in total. The first-order chi connectivity index (χ1) is 12.2. The molecule has 1 N–H and O–H groups in total. The Kier molecular flexibility index (Phi) is 7.64. The van der Waals surface area contributed by atoms with Crippen LogP contribution in [0.4, 0.5) is 0 Å². The van der Waals surface area contributed by atoms with Crippen LogP contribution < -0.4 is 0 Å². The smallest absolute Gasteiger partial charge is 0.347 e. The van der Waals surface area contributed by atoms with E-state index in [0.29, 0.717) is 17.7 Å². The number of hydrogen-bond donors (Lipinski definition) is 1. The van der Waals surface area contributed by atoms with Crippen molar-refractivity contribution in [1.29, 1.82) is 0 Å². The molecule has 0 aromatic heterocycles. The predicted molar refractivity (Wildman–Crippen MR) is 104 cm³/mol. The van der Waals surface area contributed by atoms with Gasteiger partial charge in [-0.2, -0.15) is 0 Å². The first kappa shape index (κ1) is 20.4. The molecule has 2 aromatic carbocycles. The number of carbonyl (C=O) groups is 1. The number of nitrogens with zero attached hydrogens (tertiary/aromatic N) is 1. The van der Waals surface area contributed by atoms with Crippen LogP contribution in [0.1, 0.15) is 30.4 Å². The summed E-state index contributed by atoms with van der Waals surface area (Å²) in [4.78, 5) is 15.2. The van der Waals surface area contributed by atoms with Crippen LogP contribution in [-0.4, -0.2) is 42.2 Å². The monoisotopic (exact) mass is 375 g/mol. The fourth-order valence-electron chi connectivity index (χ4n) is 3.32. The second kappa shape index (κ2) is 9.72. The Morgan fingerprint density at radius 2 is 1.46 bits per heavy atom. The molecule has 0 bridgehead atoms. The van der Waals surface area contributed by atoms with Crippen LogP contribution in [0.2, 0.25) is 0 Å². The summed E-state index contributed by atoms with van der Waals surface area (Å²) in [5, 5.41) is 11.2. The van der Waals surface area contributed by atoms with Crippen LogP contribution >= 0.6 is 12.4 Å². The maximum atomic E-state index is 12.8. The fourth-order valence-corrected chi connectivity index (χ4v) is 3.32. The number of benzene rings is 2. The molecule has 1 aliphatic rings. The third kappa shape index (κ3) is 4.64. The van der Waals surface area contributed by atoms with E-state index in [-0.39, 0.29) is 12.4 Å². The highest BCUT2D eigenvalue weighted by Crippen LogP contribution is 2.31. The molecule has 1 aliphatic heterocycles. The lowest BCUT2D eigenvalue weighted by atomic mass is 9.86. The number of carbonyl (C=O) groups excluding carboxylic acids is 1. The van der Waals surface area contributed by atoms with E-state index in [9.17, 15) is 9.90 Å². The second-order valence-corrected chi connectivity index (χ2v) is 6.48. The minimum absolute atomic E-state index is 0. The van der Waals surface area contributed by atoms with E-state index in [4.69, 9.17) is 4.74 Å². The molecular weight excluding hydrogens is 350 g/mol. The quantitative estimate of drug-likeness (QED) is 0.595. The summed E-state index contributed by atoms with van der Waals surface area (Å²) in [7, 11) is 0. The van der Waals surface area contributed by atoms with E-state index >= 15 is 0 Å². The number of likely N-dealkylation sites (tertiary alicyclic amines) is 1. The number of hydrogen-bond acceptors (Lipinski definition) is 4. The fraction of sp³-hybridized carbons (Fsp3) is 0.381. The van der Waals surface area contributed by atoms with Gasteiger partial charge >= 0.3 is 5.97 Å². The first-order valence-electron chi connectivity index (χ1n) is 8.94. The predicted octanol–water partition coefficient (Wildman–Crippen LogP) is 3.37. The van der Waals surface area contributed by atoms with Crippen LogP contribution in [0.3, 0.4) is 0 Å². The maximum Gasteiger partial charge on any atom is 0.347 e. The van der Waals surface area contributed by atoms with E-state index in [1.807, 2.05) is 36.4 Å². The normalized spacial score (nSPS) is 14.7. The van der Waals surface area contributed by atoms with Gasteiger partial charge in [0.05, 0.1) is 6.61 Å². The van der Waals surface area contributed by atoms with Crippen molar-refractivity contribution in [2.24, 2.45) is 0 Å². The number of ether oxygens (including phenoxy) is 1. The first-order valence-corrected chi connectivity index (χ1v) is 8.94. The Bertz CT molecular complexity index is 633. The van der Waals surface area contributed by atoms with Crippen molar-refractivity contribution in [3.63, 3.8) is 0 Å². The summed E-state index contributed by atoms with van der Waals surface area (Å²) in [6, 6.07) is 17.9. The summed E-state index contributed by atoms with van der Waals surface area (Å²) in [5.41, 5.74) is -0.743. The lowest BCUT2D eigenvalue weighted by molar-refractivity contribution is -0.162. The summed E-state index contributed by atoms with van der Waals surface area (Å²) in [6.07, 6.45) is 3.29. The van der Waals surface area contributed by atoms with Gasteiger partial charge in [0.1, 0.15) is 0 Å². The molecule has 0 unspecified atom stereocenters. The van der Waals surface area contributed by atoms with Crippen LogP contribution in [0.15, 0.2) is 60.7 Å². The number of esters is 1. The Balaban J connectivity index is 0.00000243. The van der Waals surface area contributed by atoms with E-state index in [2.05, 4.69) is 4.90 Å². The molecular formula is C21H26ClNO3. The standard InChI is InChI=1S/C21H25NO3.ClH/c23-20(25-17-9-16-22-14-7-8-15-22)21(24,18-10-3-1-4-11-18)19-12-5-2-6-13-19;/h1-6,10-13,24H,7-9,14-17H2;1H. The molecule has 3 rings (SSSR count). The van der Waals surface area contributed by atoms with Gasteiger partial charge in [-0.05, 0) is 43.5 Å². The number of halogens is 1. The Morgan fingerprint density at radius 3 is 1.96 bits per heavy atom. The van der Waals surface area contributed by atoms with Crippen LogP contribution in [0, 0.1) is 0 Å². The Morgan fingerprint density at radius 1 is 0.962 bits per heavy atom. The summed E-state index contributed by atoms with van der Waals surface area (Å²) >= 11 is 0. The molecule has 2 aromatic rings. The van der Waals surface area contributed by atoms with Crippen LogP contribution in [0.25, 0.3) is 0 Å². The zero-order valence-corrected chi connectivity index (χ0v) is 15.7. The van der Waals surface area contributed by atoms with Crippen molar-refractivity contribution in [1.82, 2.24) is 4.90 Å². The van der Waals surface area contributed by atoms with Crippen molar-refractivity contribution in [3.8, 4) is 0 Å². The minimum Gasteiger partial charge on any atom is -0.463 e. The molecule has 0 aliphatic carbocycles. The van der Waals surface area contributed by atoms with Crippen LogP contribution in [-0.2, 0) is 15.1 Å². The van der Waals surface area contributed by atoms with E-state index in [0.717, 1.165) is 26.1 Å². The lowest BCUT2D eigenvalue weighted by Gasteiger charge is -2.27. The molecule has 140 valence electrons. The summed E-state index contributed by atoms with van der Waals surface area (Å²) in [5.74, 6) is -0.619. The SMILES string of the molecule is Cl.O=C(OCCCN1CCCC1)C(O)(c1ccccc1)c1ccccc1. The minimum atomic E-state index is -1.78.